The van der Waals surface area contributed by atoms with E-state index in [0.29, 0.717) is 0 Å². The van der Waals surface area contributed by atoms with Crippen molar-refractivity contribution in [1.29, 1.82) is 0 Å². The van der Waals surface area contributed by atoms with Crippen molar-refractivity contribution in [1.82, 2.24) is 0 Å². The van der Waals surface area contributed by atoms with Gasteiger partial charge < -0.3 is 258 Å². The molecule has 0 aromatic rings. The normalized spacial score (nSPS) is 54.1. The summed E-state index contributed by atoms with van der Waals surface area (Å²) >= 11 is 0. The molecule has 11 aliphatic heterocycles. The highest BCUT2D eigenvalue weighted by Gasteiger charge is 2.60. The Bertz CT molecular complexity index is 2890. The fourth-order valence-electron chi connectivity index (χ4n) is 14.4. The summed E-state index contributed by atoms with van der Waals surface area (Å²) in [5.74, 6) is 0. The third-order valence-corrected chi connectivity index (χ3v) is 21.3. The van der Waals surface area contributed by atoms with Gasteiger partial charge in [0.25, 0.3) is 0 Å². The quantitative estimate of drug-likeness (QED) is 0.0363. The van der Waals surface area contributed by atoms with Crippen molar-refractivity contribution in [3.05, 3.63) is 0 Å². The van der Waals surface area contributed by atoms with Gasteiger partial charge in [-0.3, -0.25) is 0 Å². The van der Waals surface area contributed by atoms with Gasteiger partial charge in [0.2, 0.25) is 0 Å². The van der Waals surface area contributed by atoms with Crippen LogP contribution < -0.4 is 0 Å². The average Bonchev–Trinajstić information content (AvgIpc) is 0.777. The van der Waals surface area contributed by atoms with Crippen LogP contribution in [-0.2, 0) is 99.5 Å². The van der Waals surface area contributed by atoms with Crippen LogP contribution in [0.3, 0.4) is 0 Å². The van der Waals surface area contributed by atoms with E-state index < -0.39 is 386 Å². The molecule has 11 saturated heterocycles. The molecule has 0 saturated carbocycles. The molecule has 51 atom stereocenters. The first-order chi connectivity index (χ1) is 54.0. The minimum absolute atomic E-state index is 0.492. The van der Waals surface area contributed by atoms with Crippen LogP contribution in [0.5, 0.6) is 0 Å². The monoisotopic (exact) mass is 1680 g/mol. The Morgan fingerprint density at radius 3 is 0.632 bits per heavy atom. The Morgan fingerprint density at radius 2 is 0.377 bits per heavy atom. The lowest BCUT2D eigenvalue weighted by atomic mass is 9.95. The summed E-state index contributed by atoms with van der Waals surface area (Å²) in [6, 6.07) is 0. The Hall–Kier alpha value is -2.08. The number of ether oxygens (including phenoxy) is 21. The maximum Gasteiger partial charge on any atom is 0.187 e. The lowest BCUT2D eigenvalue weighted by molar-refractivity contribution is -0.402. The van der Waals surface area contributed by atoms with Crippen LogP contribution in [-0.4, -0.2) is 544 Å². The molecule has 0 aromatic carbocycles. The molecule has 0 aromatic heterocycles. The van der Waals surface area contributed by atoms with E-state index in [9.17, 15) is 158 Å². The van der Waals surface area contributed by atoms with Gasteiger partial charge in [-0.2, -0.15) is 0 Å². The molecule has 11 heterocycles. The van der Waals surface area contributed by atoms with Gasteiger partial charge in [-0.05, 0) is 0 Å². The van der Waals surface area contributed by atoms with Gasteiger partial charge in [-0.1, -0.05) is 0 Å². The van der Waals surface area contributed by atoms with E-state index >= 15 is 0 Å². The van der Waals surface area contributed by atoms with Crippen molar-refractivity contribution >= 4 is 0 Å². The maximum absolute atomic E-state index is 12.2. The third-order valence-electron chi connectivity index (χ3n) is 21.3. The summed E-state index contributed by atoms with van der Waals surface area (Å²) in [4.78, 5) is 0. The van der Waals surface area contributed by atoms with E-state index in [1.54, 1.807) is 0 Å². The molecule has 52 nitrogen and oxygen atoms in total. The zero-order valence-electron chi connectivity index (χ0n) is 59.7. The number of hydrogen-bond donors (Lipinski definition) is 31. The summed E-state index contributed by atoms with van der Waals surface area (Å²) in [7, 11) is 0. The molecule has 0 amide bonds. The Balaban J connectivity index is 0.799. The highest BCUT2D eigenvalue weighted by Crippen LogP contribution is 2.40. The van der Waals surface area contributed by atoms with Crippen molar-refractivity contribution < 1.29 is 258 Å². The van der Waals surface area contributed by atoms with Crippen LogP contribution in [0.4, 0.5) is 0 Å². The largest absolute Gasteiger partial charge is 0.394 e. The van der Waals surface area contributed by atoms with E-state index in [1.165, 1.54) is 0 Å². The smallest absolute Gasteiger partial charge is 0.187 e. The summed E-state index contributed by atoms with van der Waals surface area (Å²) in [6.07, 6.45) is -104. The Kier molecular flexibility index (Phi) is 32.5. The molecule has 31 N–H and O–H groups in total. The second-order valence-corrected chi connectivity index (χ2v) is 29.2. The summed E-state index contributed by atoms with van der Waals surface area (Å²) in [5.41, 5.74) is 0. The highest BCUT2D eigenvalue weighted by molar-refractivity contribution is 5.02. The molecular weight excluding hydrogens is 1580 g/mol. The number of aliphatic hydroxyl groups is 31. The molecule has 11 fully saturated rings. The number of rotatable bonds is 27. The summed E-state index contributed by atoms with van der Waals surface area (Å²) in [5, 5.41) is 338. The fourth-order valence-corrected chi connectivity index (χ4v) is 14.4. The molecule has 0 radical (unpaired) electrons. The van der Waals surface area contributed by atoms with Crippen LogP contribution in [0.15, 0.2) is 0 Å². The van der Waals surface area contributed by atoms with Gasteiger partial charge in [0.1, 0.15) is 244 Å². The van der Waals surface area contributed by atoms with Crippen LogP contribution in [0.1, 0.15) is 0 Å². The van der Waals surface area contributed by atoms with E-state index in [2.05, 4.69) is 0 Å². The first-order valence-electron chi connectivity index (χ1n) is 36.3. The minimum Gasteiger partial charge on any atom is -0.394 e. The van der Waals surface area contributed by atoms with Gasteiger partial charge >= 0.3 is 0 Å². The van der Waals surface area contributed by atoms with Crippen molar-refractivity contribution in [2.75, 3.05) is 72.7 Å². The van der Waals surface area contributed by atoms with Gasteiger partial charge in [0.05, 0.1) is 72.7 Å². The fraction of sp³-hybridized carbons (Fsp3) is 1.00. The van der Waals surface area contributed by atoms with Gasteiger partial charge in [-0.25, -0.2) is 0 Å². The molecular formula is C62H104O52. The summed E-state index contributed by atoms with van der Waals surface area (Å²) in [6.45, 7) is -9.55. The highest BCUT2D eigenvalue weighted by atomic mass is 16.8. The van der Waals surface area contributed by atoms with Crippen LogP contribution in [0.25, 0.3) is 0 Å². The molecule has 11 aliphatic rings. The number of hydrogen-bond acceptors (Lipinski definition) is 52. The zero-order valence-corrected chi connectivity index (χ0v) is 59.7. The van der Waals surface area contributed by atoms with E-state index in [0.717, 1.165) is 0 Å². The Labute approximate surface area is 642 Å². The van der Waals surface area contributed by atoms with E-state index in [1.807, 2.05) is 0 Å². The van der Waals surface area contributed by atoms with E-state index in [4.69, 9.17) is 99.5 Å². The third kappa shape index (κ3) is 19.9. The lowest BCUT2D eigenvalue weighted by Crippen LogP contribution is -2.68. The summed E-state index contributed by atoms with van der Waals surface area (Å²) < 4.78 is 120. The SMILES string of the molecule is OC[C@H]1O[C@@H](O[C@H]2[C@H](O)[C@@H](O)[C@H](O[C@H]3[C@H](O)[C@@H](O)[C@H](O[C@H]4[C@H](O)[C@@H](O)[C@H](O[C@H]5[C@H](O)[C@@H](O)[C@H](O[C@H]6[C@H](O)[C@@H](O)C(O)O[C@@H]6CO)O[C@@H]5CO[C@H]5OC[C@@H](O)[C@H](O)[C@H]5O)O[C@@H]4CO[C@H]4OC[C@@H](O)[C@H](O)[C@H]4O)O[C@@H]3CO[C@H]3OC[C@@H](O)[C@H](O)[C@@H]3O)O[C@@H]2CO)[C@H](O)[C@@H](O)[C@@H]1O[C@@H]1O[C@H](CO[C@H]2OC[C@@H](O)[C@H](O)[C@H]2O)[C@@H](O)[C@H](O)[C@H]1O. The minimum atomic E-state index is -2.51. The maximum atomic E-state index is 12.2. The topological polar surface area (TPSA) is 821 Å². The van der Waals surface area contributed by atoms with Gasteiger partial charge in [0, 0.05) is 0 Å². The Morgan fingerprint density at radius 1 is 0.184 bits per heavy atom. The van der Waals surface area contributed by atoms with Crippen LogP contribution in [0.2, 0.25) is 0 Å². The number of aliphatic hydroxyl groups excluding tert-OH is 31. The predicted octanol–water partition coefficient (Wildman–Crippen LogP) is -22.4. The molecule has 0 aliphatic carbocycles. The second kappa shape index (κ2) is 40.1. The van der Waals surface area contributed by atoms with Crippen molar-refractivity contribution in [2.45, 2.75) is 313 Å². The average molecular weight is 1680 g/mol. The second-order valence-electron chi connectivity index (χ2n) is 29.2. The first-order valence-corrected chi connectivity index (χ1v) is 36.3. The standard InChI is InChI=1S/C62H104O52/c63-1-16-46(29(76)35(82)52(93)102-16)109-60-43(90)32(79)50(21(106-60)10-100-55-38(85)25(72)14(68)6-96-55)113-62-45(92)34(81)51(22(108-62)11-101-56-39(86)26(73)15(69)7-97-56)114-61-44(91)33(80)49(20(107-61)9-99-54-37(84)24(71)13(67)5-95-54)112-59-42(89)31(78)48(18(3-65)104-59)111-58-41(88)30(77)47(17(2-64)103-58)110-57-40(87)28(75)27(74)19(105-57)8-98-53-36(83)23(70)12(66)4-94-53/h12-93H,1-11H2/t12-,13-,14-,15-,16-,17-,18-,19-,20-,21-,22-,23+,24+,25+,26+,27-,28+,29-,30-,31-,32-,33-,34-,35-,36-,37+,38-,39-,40-,41-,42-,43-,44-,45-,46-,47-,48-,49-,50-,51-,52?,53-,54-,55-,56-,57+,58+,59+,60+,61+,62+/m1/s1. The van der Waals surface area contributed by atoms with E-state index in [-0.39, 0.29) is 0 Å². The van der Waals surface area contributed by atoms with Crippen LogP contribution >= 0.6 is 0 Å². The van der Waals surface area contributed by atoms with Crippen molar-refractivity contribution in [3.63, 3.8) is 0 Å². The zero-order chi connectivity index (χ0) is 83.1. The van der Waals surface area contributed by atoms with Crippen molar-refractivity contribution in [3.8, 4) is 0 Å². The molecule has 114 heavy (non-hydrogen) atoms. The van der Waals surface area contributed by atoms with Gasteiger partial charge in [-0.15, -0.1) is 0 Å². The lowest BCUT2D eigenvalue weighted by Gasteiger charge is -2.50. The molecule has 0 bridgehead atoms. The molecule has 1 unspecified atom stereocenters. The molecule has 11 rings (SSSR count). The predicted molar refractivity (Wildman–Crippen MR) is 338 cm³/mol. The molecule has 52 heteroatoms. The van der Waals surface area contributed by atoms with Crippen LogP contribution in [0, 0.1) is 0 Å². The van der Waals surface area contributed by atoms with Gasteiger partial charge in [0.15, 0.2) is 69.2 Å². The molecule has 0 spiro atoms. The first kappa shape index (κ1) is 92.6. The van der Waals surface area contributed by atoms with Crippen molar-refractivity contribution in [2.24, 2.45) is 0 Å². The molecule has 664 valence electrons.